The van der Waals surface area contributed by atoms with Crippen LogP contribution in [0.1, 0.15) is 35.6 Å². The van der Waals surface area contributed by atoms with E-state index in [9.17, 15) is 9.59 Å². The maximum atomic E-state index is 13.5. The SMILES string of the molecule is COc1ccc(/C=C/C(=O)N(C2CC2)C(C(=O)NCc2ccccc2)c2ccc(Br)cc2)cc1. The van der Waals surface area contributed by atoms with Gasteiger partial charge in [-0.1, -0.05) is 70.5 Å². The van der Waals surface area contributed by atoms with Crippen molar-refractivity contribution in [2.75, 3.05) is 7.11 Å². The second kappa shape index (κ2) is 11.2. The van der Waals surface area contributed by atoms with Crippen LogP contribution in [0.25, 0.3) is 6.08 Å². The topological polar surface area (TPSA) is 58.6 Å². The second-order valence-corrected chi connectivity index (χ2v) is 9.16. The Kier molecular flexibility index (Phi) is 7.80. The minimum Gasteiger partial charge on any atom is -0.497 e. The fraction of sp³-hybridized carbons (Fsp3) is 0.214. The number of hydrogen-bond donors (Lipinski definition) is 1. The van der Waals surface area contributed by atoms with E-state index in [4.69, 9.17) is 4.74 Å². The van der Waals surface area contributed by atoms with Crippen LogP contribution in [0.2, 0.25) is 0 Å². The van der Waals surface area contributed by atoms with E-state index < -0.39 is 6.04 Å². The Morgan fingerprint density at radius 1 is 1.03 bits per heavy atom. The van der Waals surface area contributed by atoms with Crippen molar-refractivity contribution in [1.29, 1.82) is 0 Å². The molecule has 3 aromatic rings. The van der Waals surface area contributed by atoms with Gasteiger partial charge >= 0.3 is 0 Å². The monoisotopic (exact) mass is 518 g/mol. The number of nitrogens with one attached hydrogen (secondary N) is 1. The molecule has 2 amide bonds. The van der Waals surface area contributed by atoms with Gasteiger partial charge in [-0.3, -0.25) is 9.59 Å². The number of carbonyl (C=O) groups is 2. The van der Waals surface area contributed by atoms with Gasteiger partial charge in [0.15, 0.2) is 0 Å². The van der Waals surface area contributed by atoms with E-state index in [1.165, 1.54) is 0 Å². The van der Waals surface area contributed by atoms with Crippen molar-refractivity contribution in [2.45, 2.75) is 31.5 Å². The number of rotatable bonds is 9. The molecular weight excluding hydrogens is 492 g/mol. The van der Waals surface area contributed by atoms with E-state index >= 15 is 0 Å². The molecule has 0 radical (unpaired) electrons. The first-order chi connectivity index (χ1) is 16.5. The molecule has 0 aromatic heterocycles. The Balaban J connectivity index is 1.58. The van der Waals surface area contributed by atoms with Gasteiger partial charge in [-0.2, -0.15) is 0 Å². The Morgan fingerprint density at radius 2 is 1.71 bits per heavy atom. The lowest BCUT2D eigenvalue weighted by molar-refractivity contribution is -0.138. The first-order valence-electron chi connectivity index (χ1n) is 11.3. The molecule has 0 aliphatic heterocycles. The van der Waals surface area contributed by atoms with Crippen molar-refractivity contribution in [2.24, 2.45) is 0 Å². The van der Waals surface area contributed by atoms with Crippen molar-refractivity contribution in [3.63, 3.8) is 0 Å². The summed E-state index contributed by atoms with van der Waals surface area (Å²) >= 11 is 3.46. The fourth-order valence-electron chi connectivity index (χ4n) is 3.80. The van der Waals surface area contributed by atoms with Crippen LogP contribution in [-0.4, -0.2) is 29.9 Å². The van der Waals surface area contributed by atoms with E-state index in [2.05, 4.69) is 21.2 Å². The summed E-state index contributed by atoms with van der Waals surface area (Å²) < 4.78 is 6.12. The van der Waals surface area contributed by atoms with Crippen LogP contribution in [0, 0.1) is 0 Å². The van der Waals surface area contributed by atoms with Crippen molar-refractivity contribution in [1.82, 2.24) is 10.2 Å². The average molecular weight is 519 g/mol. The molecule has 5 nitrogen and oxygen atoms in total. The largest absolute Gasteiger partial charge is 0.497 e. The van der Waals surface area contributed by atoms with Crippen LogP contribution in [0.5, 0.6) is 5.75 Å². The summed E-state index contributed by atoms with van der Waals surface area (Å²) in [5.41, 5.74) is 2.68. The van der Waals surface area contributed by atoms with Gasteiger partial charge in [0.2, 0.25) is 11.8 Å². The molecule has 3 aromatic carbocycles. The second-order valence-electron chi connectivity index (χ2n) is 8.24. The summed E-state index contributed by atoms with van der Waals surface area (Å²) in [5, 5.41) is 3.03. The Hall–Kier alpha value is -3.38. The molecule has 1 unspecified atom stereocenters. The van der Waals surface area contributed by atoms with Gasteiger partial charge in [-0.25, -0.2) is 0 Å². The summed E-state index contributed by atoms with van der Waals surface area (Å²) in [7, 11) is 1.62. The Morgan fingerprint density at radius 3 is 2.32 bits per heavy atom. The fourth-order valence-corrected chi connectivity index (χ4v) is 4.07. The van der Waals surface area contributed by atoms with Crippen LogP contribution < -0.4 is 10.1 Å². The molecule has 1 aliphatic rings. The number of halogens is 1. The lowest BCUT2D eigenvalue weighted by atomic mass is 10.0. The summed E-state index contributed by atoms with van der Waals surface area (Å²) in [4.78, 5) is 28.6. The summed E-state index contributed by atoms with van der Waals surface area (Å²) in [5.74, 6) is 0.388. The van der Waals surface area contributed by atoms with E-state index in [0.29, 0.717) is 6.54 Å². The minimum atomic E-state index is -0.711. The zero-order chi connectivity index (χ0) is 23.9. The number of carbonyl (C=O) groups excluding carboxylic acids is 2. The highest BCUT2D eigenvalue weighted by atomic mass is 79.9. The van der Waals surface area contributed by atoms with Gasteiger partial charge in [-0.05, 0) is 59.9 Å². The van der Waals surface area contributed by atoms with Crippen molar-refractivity contribution in [3.8, 4) is 5.75 Å². The maximum absolute atomic E-state index is 13.5. The highest BCUT2D eigenvalue weighted by molar-refractivity contribution is 9.10. The van der Waals surface area contributed by atoms with Gasteiger partial charge in [0, 0.05) is 23.1 Å². The highest BCUT2D eigenvalue weighted by Crippen LogP contribution is 2.35. The first-order valence-corrected chi connectivity index (χ1v) is 12.1. The lowest BCUT2D eigenvalue weighted by Gasteiger charge is -2.31. The molecule has 0 spiro atoms. The van der Waals surface area contributed by atoms with Crippen molar-refractivity contribution in [3.05, 3.63) is 106 Å². The summed E-state index contributed by atoms with van der Waals surface area (Å²) in [6, 6.07) is 24.2. The number of nitrogens with zero attached hydrogens (tertiary/aromatic N) is 1. The third-order valence-electron chi connectivity index (χ3n) is 5.75. The molecule has 1 atom stereocenters. The van der Waals surface area contributed by atoms with E-state index in [1.54, 1.807) is 24.2 Å². The van der Waals surface area contributed by atoms with Crippen LogP contribution in [0.15, 0.2) is 89.4 Å². The molecule has 6 heteroatoms. The predicted octanol–water partition coefficient (Wildman–Crippen LogP) is 5.52. The van der Waals surface area contributed by atoms with Crippen LogP contribution in [0.4, 0.5) is 0 Å². The molecule has 0 heterocycles. The molecule has 34 heavy (non-hydrogen) atoms. The quantitative estimate of drug-likeness (QED) is 0.379. The number of methoxy groups -OCH3 is 1. The summed E-state index contributed by atoms with van der Waals surface area (Å²) in [6.07, 6.45) is 5.11. The van der Waals surface area contributed by atoms with Gasteiger partial charge in [0.05, 0.1) is 7.11 Å². The predicted molar refractivity (Wildman–Crippen MR) is 137 cm³/mol. The van der Waals surface area contributed by atoms with Crippen LogP contribution in [0.3, 0.4) is 0 Å². The van der Waals surface area contributed by atoms with Crippen molar-refractivity contribution >= 4 is 33.8 Å². The van der Waals surface area contributed by atoms with E-state index in [0.717, 1.165) is 39.8 Å². The van der Waals surface area contributed by atoms with Gasteiger partial charge in [-0.15, -0.1) is 0 Å². The molecule has 4 rings (SSSR count). The molecule has 0 saturated heterocycles. The number of hydrogen-bond acceptors (Lipinski definition) is 3. The molecule has 1 aliphatic carbocycles. The highest BCUT2D eigenvalue weighted by Gasteiger charge is 2.40. The minimum absolute atomic E-state index is 0.0455. The standard InChI is InChI=1S/C28H27BrN2O3/c1-34-25-16-7-20(8-17-25)9-18-26(32)31(24-14-15-24)27(22-10-12-23(29)13-11-22)28(33)30-19-21-5-3-2-4-6-21/h2-13,16-18,24,27H,14-15,19H2,1H3,(H,30,33)/b18-9+. The third kappa shape index (κ3) is 6.14. The maximum Gasteiger partial charge on any atom is 0.247 e. The van der Waals surface area contributed by atoms with Crippen molar-refractivity contribution < 1.29 is 14.3 Å². The zero-order valence-electron chi connectivity index (χ0n) is 19.0. The number of amides is 2. The average Bonchev–Trinajstić information content (AvgIpc) is 3.71. The molecule has 1 fully saturated rings. The molecule has 0 bridgehead atoms. The zero-order valence-corrected chi connectivity index (χ0v) is 20.6. The normalized spacial score (nSPS) is 13.9. The van der Waals surface area contributed by atoms with Crippen LogP contribution in [-0.2, 0) is 16.1 Å². The number of ether oxygens (including phenoxy) is 1. The van der Waals surface area contributed by atoms with Gasteiger partial charge in [0.1, 0.15) is 11.8 Å². The smallest absolute Gasteiger partial charge is 0.247 e. The van der Waals surface area contributed by atoms with Gasteiger partial charge < -0.3 is 15.0 Å². The summed E-state index contributed by atoms with van der Waals surface area (Å²) in [6.45, 7) is 0.404. The van der Waals surface area contributed by atoms with E-state index in [1.807, 2.05) is 78.9 Å². The lowest BCUT2D eigenvalue weighted by Crippen LogP contribution is -2.44. The Labute approximate surface area is 208 Å². The molecule has 1 saturated carbocycles. The molecular formula is C28H27BrN2O3. The number of benzene rings is 3. The first kappa shape index (κ1) is 23.8. The third-order valence-corrected chi connectivity index (χ3v) is 6.28. The molecule has 1 N–H and O–H groups in total. The van der Waals surface area contributed by atoms with E-state index in [-0.39, 0.29) is 17.9 Å². The van der Waals surface area contributed by atoms with Gasteiger partial charge in [0.25, 0.3) is 0 Å². The molecule has 174 valence electrons. The Bertz CT molecular complexity index is 1140. The van der Waals surface area contributed by atoms with Crippen LogP contribution >= 0.6 is 15.9 Å².